The summed E-state index contributed by atoms with van der Waals surface area (Å²) in [4.78, 5) is 24.4. The second-order valence-electron chi connectivity index (χ2n) is 6.78. The third-order valence-electron chi connectivity index (χ3n) is 4.75. The molecule has 0 amide bonds. The molecule has 0 aliphatic carbocycles. The highest BCUT2D eigenvalue weighted by Crippen LogP contribution is 2.49. The molecule has 0 N–H and O–H groups in total. The summed E-state index contributed by atoms with van der Waals surface area (Å²) in [5.74, 6) is 0.00217. The quantitative estimate of drug-likeness (QED) is 0.149. The Hall–Kier alpha value is -3.28. The van der Waals surface area contributed by atoms with Crippen LogP contribution in [0.5, 0.6) is 5.75 Å². The van der Waals surface area contributed by atoms with E-state index in [-0.39, 0.29) is 39.9 Å². The molecule has 0 fully saturated rings. The largest absolute Gasteiger partial charge is 0.448 e. The maximum Gasteiger partial charge on any atom is 0.312 e. The molecular formula is C22H14ClN2O6PS. The Kier molecular flexibility index (Phi) is 6.19. The second kappa shape index (κ2) is 8.93. The van der Waals surface area contributed by atoms with Gasteiger partial charge in [-0.1, -0.05) is 11.6 Å². The van der Waals surface area contributed by atoms with Crippen LogP contribution >= 0.6 is 18.1 Å². The Morgan fingerprint density at radius 3 is 2.58 bits per heavy atom. The van der Waals surface area contributed by atoms with Crippen molar-refractivity contribution in [2.45, 2.75) is 6.92 Å². The van der Waals surface area contributed by atoms with Crippen LogP contribution in [0.4, 0.5) is 5.69 Å². The number of hydrogen-bond acceptors (Lipinski definition) is 8. The minimum Gasteiger partial charge on any atom is -0.448 e. The van der Waals surface area contributed by atoms with Crippen LogP contribution in [-0.2, 0) is 16.3 Å². The summed E-state index contributed by atoms with van der Waals surface area (Å²) in [6.45, 7) is -1.18. The summed E-state index contributed by atoms with van der Waals surface area (Å²) in [5, 5.41) is 21.8. The van der Waals surface area contributed by atoms with E-state index in [4.69, 9.17) is 42.1 Å². The lowest BCUT2D eigenvalue weighted by molar-refractivity contribution is -0.383. The topological polar surface area (TPSA) is 116 Å². The number of halogens is 1. The Balaban J connectivity index is 2.00. The first-order chi connectivity index (χ1) is 15.8. The monoisotopic (exact) mass is 500 g/mol. The van der Waals surface area contributed by atoms with E-state index in [2.05, 4.69) is 0 Å². The maximum atomic E-state index is 13.4. The average molecular weight is 501 g/mol. The SMILES string of the molecule is CCOP(=S)(Oc1ccc([N+](=O)[O-])c2oc3cc(C#N)ccc3c(=O)c12)c1ccc(Cl)cc1. The van der Waals surface area contributed by atoms with Gasteiger partial charge in [-0.2, -0.15) is 5.26 Å². The molecule has 1 aromatic heterocycles. The number of fused-ring (bicyclic) bond motifs is 2. The number of nitriles is 1. The Morgan fingerprint density at radius 2 is 1.94 bits per heavy atom. The second-order valence-corrected chi connectivity index (χ2v) is 10.6. The van der Waals surface area contributed by atoms with Crippen LogP contribution < -0.4 is 15.3 Å². The highest BCUT2D eigenvalue weighted by atomic mass is 35.5. The molecule has 33 heavy (non-hydrogen) atoms. The molecule has 1 atom stereocenters. The number of nitro benzene ring substituents is 1. The van der Waals surface area contributed by atoms with Crippen molar-refractivity contribution >= 4 is 62.8 Å². The third-order valence-corrected chi connectivity index (χ3v) is 8.14. The van der Waals surface area contributed by atoms with E-state index in [1.54, 1.807) is 31.2 Å². The lowest BCUT2D eigenvalue weighted by atomic mass is 10.1. The Bertz CT molecular complexity index is 1560. The van der Waals surface area contributed by atoms with Gasteiger partial charge in [0.1, 0.15) is 16.7 Å². The summed E-state index contributed by atoms with van der Waals surface area (Å²) in [6.07, 6.45) is 0. The number of rotatable bonds is 6. The smallest absolute Gasteiger partial charge is 0.312 e. The molecule has 0 saturated carbocycles. The van der Waals surface area contributed by atoms with E-state index < -0.39 is 22.5 Å². The first kappa shape index (κ1) is 22.9. The zero-order valence-corrected chi connectivity index (χ0v) is 19.4. The molecule has 11 heteroatoms. The molecule has 166 valence electrons. The van der Waals surface area contributed by atoms with Gasteiger partial charge in [-0.05, 0) is 67.3 Å². The molecule has 1 unspecified atom stereocenters. The van der Waals surface area contributed by atoms with Crippen molar-refractivity contribution in [2.75, 3.05) is 6.61 Å². The van der Waals surface area contributed by atoms with Crippen molar-refractivity contribution in [3.05, 3.63) is 85.5 Å². The first-order valence-corrected chi connectivity index (χ1v) is 12.6. The molecular weight excluding hydrogens is 487 g/mol. The van der Waals surface area contributed by atoms with Gasteiger partial charge in [0.2, 0.25) is 11.0 Å². The van der Waals surface area contributed by atoms with E-state index in [1.165, 1.54) is 30.3 Å². The molecule has 0 aliphatic rings. The van der Waals surface area contributed by atoms with Gasteiger partial charge in [-0.15, -0.1) is 0 Å². The predicted molar refractivity (Wildman–Crippen MR) is 129 cm³/mol. The van der Waals surface area contributed by atoms with Crippen molar-refractivity contribution < 1.29 is 18.4 Å². The van der Waals surface area contributed by atoms with Crippen LogP contribution in [0.25, 0.3) is 21.9 Å². The zero-order chi connectivity index (χ0) is 23.8. The van der Waals surface area contributed by atoms with Gasteiger partial charge in [0.05, 0.1) is 28.5 Å². The Labute approximate surface area is 197 Å². The summed E-state index contributed by atoms with van der Waals surface area (Å²) in [7, 11) is 0. The van der Waals surface area contributed by atoms with Gasteiger partial charge in [0.25, 0.3) is 6.49 Å². The standard InChI is InChI=1S/C22H14ClN2O6PS/c1-2-29-32(33,15-6-4-14(23)5-7-15)31-18-10-9-17(25(27)28)22-20(18)21(26)16-8-3-13(12-24)11-19(16)30-22/h3-11H,2H2,1H3. The van der Waals surface area contributed by atoms with Crippen molar-refractivity contribution in [2.24, 2.45) is 0 Å². The molecule has 8 nitrogen and oxygen atoms in total. The maximum absolute atomic E-state index is 13.4. The van der Waals surface area contributed by atoms with Crippen LogP contribution in [0.1, 0.15) is 12.5 Å². The molecule has 0 radical (unpaired) electrons. The number of nitro groups is 1. The molecule has 1 heterocycles. The van der Waals surface area contributed by atoms with Crippen molar-refractivity contribution in [3.63, 3.8) is 0 Å². The highest BCUT2D eigenvalue weighted by Gasteiger charge is 2.28. The van der Waals surface area contributed by atoms with E-state index in [0.29, 0.717) is 10.3 Å². The predicted octanol–water partition coefficient (Wildman–Crippen LogP) is 5.43. The molecule has 0 aliphatic heterocycles. The normalized spacial score (nSPS) is 12.9. The number of nitrogens with zero attached hydrogens (tertiary/aromatic N) is 2. The molecule has 0 spiro atoms. The van der Waals surface area contributed by atoms with Crippen LogP contribution in [0, 0.1) is 21.4 Å². The van der Waals surface area contributed by atoms with Gasteiger partial charge < -0.3 is 13.5 Å². The fourth-order valence-electron chi connectivity index (χ4n) is 3.28. The fraction of sp³-hybridized carbons (Fsp3) is 0.0909. The Morgan fingerprint density at radius 1 is 1.21 bits per heavy atom. The van der Waals surface area contributed by atoms with E-state index >= 15 is 0 Å². The summed E-state index contributed by atoms with van der Waals surface area (Å²) >= 11 is 11.7. The van der Waals surface area contributed by atoms with Crippen LogP contribution in [0.3, 0.4) is 0 Å². The van der Waals surface area contributed by atoms with Crippen molar-refractivity contribution in [1.82, 2.24) is 0 Å². The molecule has 4 rings (SSSR count). The number of hydrogen-bond donors (Lipinski definition) is 0. The summed E-state index contributed by atoms with van der Waals surface area (Å²) in [5.41, 5.74) is -0.957. The highest BCUT2D eigenvalue weighted by molar-refractivity contribution is 8.13. The molecule has 3 aromatic carbocycles. The zero-order valence-electron chi connectivity index (χ0n) is 17.0. The minimum absolute atomic E-state index is 0.00217. The van der Waals surface area contributed by atoms with Gasteiger partial charge >= 0.3 is 5.69 Å². The lowest BCUT2D eigenvalue weighted by Crippen LogP contribution is -2.14. The van der Waals surface area contributed by atoms with Gasteiger partial charge in [0, 0.05) is 16.4 Å². The summed E-state index contributed by atoms with van der Waals surface area (Å²) in [6, 6.07) is 15.3. The molecule has 4 aromatic rings. The van der Waals surface area contributed by atoms with E-state index in [0.717, 1.165) is 0 Å². The van der Waals surface area contributed by atoms with Crippen LogP contribution in [0.15, 0.2) is 63.8 Å². The minimum atomic E-state index is -3.17. The number of benzene rings is 3. The van der Waals surface area contributed by atoms with Crippen molar-refractivity contribution in [3.8, 4) is 11.8 Å². The van der Waals surface area contributed by atoms with Crippen LogP contribution in [-0.4, -0.2) is 11.5 Å². The van der Waals surface area contributed by atoms with Gasteiger partial charge in [0.15, 0.2) is 0 Å². The molecule has 0 bridgehead atoms. The first-order valence-electron chi connectivity index (χ1n) is 9.56. The lowest BCUT2D eigenvalue weighted by Gasteiger charge is -2.23. The molecule has 0 saturated heterocycles. The van der Waals surface area contributed by atoms with Crippen molar-refractivity contribution in [1.29, 1.82) is 5.26 Å². The number of non-ortho nitro benzene ring substituents is 1. The van der Waals surface area contributed by atoms with Crippen LogP contribution in [0.2, 0.25) is 5.02 Å². The average Bonchev–Trinajstić information content (AvgIpc) is 2.79. The van der Waals surface area contributed by atoms with E-state index in [9.17, 15) is 14.9 Å². The summed E-state index contributed by atoms with van der Waals surface area (Å²) < 4.78 is 17.7. The van der Waals surface area contributed by atoms with Gasteiger partial charge in [-0.3, -0.25) is 14.9 Å². The van der Waals surface area contributed by atoms with E-state index in [1.807, 2.05) is 6.07 Å². The fourth-order valence-corrected chi connectivity index (χ4v) is 5.90. The van der Waals surface area contributed by atoms with Gasteiger partial charge in [-0.25, -0.2) is 0 Å². The third kappa shape index (κ3) is 4.22.